The number of hydrogen-bond donors (Lipinski definition) is 1. The Bertz CT molecular complexity index is 921. The first-order valence-electron chi connectivity index (χ1n) is 7.23. The van der Waals surface area contributed by atoms with Gasteiger partial charge in [0.1, 0.15) is 6.54 Å². The van der Waals surface area contributed by atoms with Gasteiger partial charge in [0.25, 0.3) is 0 Å². The summed E-state index contributed by atoms with van der Waals surface area (Å²) in [7, 11) is 0. The molecule has 8 heteroatoms. The highest BCUT2D eigenvalue weighted by molar-refractivity contribution is 7.07. The van der Waals surface area contributed by atoms with E-state index in [2.05, 4.69) is 15.4 Å². The van der Waals surface area contributed by atoms with E-state index in [1.54, 1.807) is 24.7 Å². The Kier molecular flexibility index (Phi) is 3.99. The molecule has 7 nitrogen and oxygen atoms in total. The molecule has 23 heavy (non-hydrogen) atoms. The van der Waals surface area contributed by atoms with E-state index >= 15 is 0 Å². The summed E-state index contributed by atoms with van der Waals surface area (Å²) < 4.78 is 3.28. The fourth-order valence-corrected chi connectivity index (χ4v) is 3.06. The minimum Gasteiger partial charge on any atom is -0.323 e. The maximum Gasteiger partial charge on any atom is 0.307 e. The number of amides is 1. The number of aryl methyl sites for hydroxylation is 1. The van der Waals surface area contributed by atoms with Crippen LogP contribution in [0.4, 0.5) is 5.69 Å². The number of nitrogens with one attached hydrogen (secondary N) is 1. The van der Waals surface area contributed by atoms with Crippen LogP contribution in [0.5, 0.6) is 0 Å². The van der Waals surface area contributed by atoms with Gasteiger partial charge < -0.3 is 5.32 Å². The second-order valence-corrected chi connectivity index (χ2v) is 6.42. The van der Waals surface area contributed by atoms with E-state index in [-0.39, 0.29) is 23.4 Å². The number of thiazole rings is 1. The lowest BCUT2D eigenvalue weighted by Gasteiger charge is -2.08. The molecular formula is C15H17N5O2S. The van der Waals surface area contributed by atoms with Crippen LogP contribution in [0, 0.1) is 6.92 Å². The number of rotatable bonds is 4. The molecule has 0 fully saturated rings. The van der Waals surface area contributed by atoms with Crippen LogP contribution in [0.2, 0.25) is 0 Å². The molecule has 3 heterocycles. The summed E-state index contributed by atoms with van der Waals surface area (Å²) in [6, 6.07) is 2.05. The van der Waals surface area contributed by atoms with Crippen LogP contribution < -0.4 is 10.2 Å². The number of pyridine rings is 1. The molecule has 0 spiro atoms. The first-order valence-corrected chi connectivity index (χ1v) is 8.11. The van der Waals surface area contributed by atoms with Crippen molar-refractivity contribution >= 4 is 34.0 Å². The van der Waals surface area contributed by atoms with Crippen molar-refractivity contribution < 1.29 is 4.79 Å². The molecule has 1 N–H and O–H groups in total. The van der Waals surface area contributed by atoms with Crippen molar-refractivity contribution in [1.29, 1.82) is 0 Å². The van der Waals surface area contributed by atoms with E-state index in [0.29, 0.717) is 5.69 Å². The molecule has 3 rings (SSSR count). The molecule has 3 aromatic heterocycles. The van der Waals surface area contributed by atoms with Crippen LogP contribution in [0.1, 0.15) is 25.6 Å². The van der Waals surface area contributed by atoms with E-state index in [9.17, 15) is 9.59 Å². The highest BCUT2D eigenvalue weighted by atomic mass is 32.1. The maximum atomic E-state index is 12.1. The highest BCUT2D eigenvalue weighted by Crippen LogP contribution is 2.19. The fraction of sp³-hybridized carbons (Fsp3) is 0.333. The van der Waals surface area contributed by atoms with Crippen LogP contribution in [-0.4, -0.2) is 25.2 Å². The Labute approximate surface area is 136 Å². The molecule has 3 aromatic rings. The monoisotopic (exact) mass is 331 g/mol. The summed E-state index contributed by atoms with van der Waals surface area (Å²) in [6.07, 6.45) is 3.33. The molecule has 0 radical (unpaired) electrons. The van der Waals surface area contributed by atoms with Crippen LogP contribution in [0.3, 0.4) is 0 Å². The zero-order valence-electron chi connectivity index (χ0n) is 13.1. The van der Waals surface area contributed by atoms with Crippen LogP contribution in [0.25, 0.3) is 11.0 Å². The topological polar surface area (TPSA) is 81.8 Å². The molecule has 0 bridgehead atoms. The zero-order chi connectivity index (χ0) is 16.6. The molecule has 0 saturated carbocycles. The van der Waals surface area contributed by atoms with E-state index in [4.69, 9.17) is 0 Å². The molecule has 0 aromatic carbocycles. The van der Waals surface area contributed by atoms with Gasteiger partial charge in [-0.15, -0.1) is 0 Å². The smallest absolute Gasteiger partial charge is 0.307 e. The normalized spacial score (nSPS) is 11.3. The number of hydrogen-bond acceptors (Lipinski definition) is 5. The maximum absolute atomic E-state index is 12.1. The molecule has 120 valence electrons. The Hall–Kier alpha value is -2.48. The average Bonchev–Trinajstić information content (AvgIpc) is 3.05. The summed E-state index contributed by atoms with van der Waals surface area (Å²) in [6.45, 7) is 5.87. The molecule has 0 aliphatic carbocycles. The Morgan fingerprint density at radius 2 is 2.17 bits per heavy atom. The van der Waals surface area contributed by atoms with Crippen molar-refractivity contribution in [3.8, 4) is 0 Å². The van der Waals surface area contributed by atoms with Gasteiger partial charge in [-0.1, -0.05) is 11.3 Å². The van der Waals surface area contributed by atoms with Gasteiger partial charge in [0, 0.05) is 22.5 Å². The molecule has 0 aliphatic heterocycles. The predicted octanol–water partition coefficient (Wildman–Crippen LogP) is 2.18. The third-order valence-corrected chi connectivity index (χ3v) is 4.37. The van der Waals surface area contributed by atoms with Crippen molar-refractivity contribution in [1.82, 2.24) is 19.3 Å². The lowest BCUT2D eigenvalue weighted by Crippen LogP contribution is -2.25. The number of anilines is 1. The summed E-state index contributed by atoms with van der Waals surface area (Å²) in [5, 5.41) is 9.67. The van der Waals surface area contributed by atoms with Crippen molar-refractivity contribution in [2.75, 3.05) is 5.32 Å². The van der Waals surface area contributed by atoms with Gasteiger partial charge in [-0.05, 0) is 26.8 Å². The van der Waals surface area contributed by atoms with Gasteiger partial charge >= 0.3 is 4.87 Å². The molecule has 0 unspecified atom stereocenters. The number of carbonyl (C=O) groups is 1. The molecule has 0 aliphatic rings. The summed E-state index contributed by atoms with van der Waals surface area (Å²) in [4.78, 5) is 28.0. The van der Waals surface area contributed by atoms with Crippen LogP contribution in [-0.2, 0) is 11.3 Å². The minimum absolute atomic E-state index is 0.00252. The largest absolute Gasteiger partial charge is 0.323 e. The van der Waals surface area contributed by atoms with Crippen molar-refractivity contribution in [2.45, 2.75) is 33.4 Å². The Morgan fingerprint density at radius 3 is 2.83 bits per heavy atom. The molecule has 1 amide bonds. The number of aromatic nitrogens is 4. The Balaban J connectivity index is 1.79. The summed E-state index contributed by atoms with van der Waals surface area (Å²) >= 11 is 1.09. The third kappa shape index (κ3) is 3.02. The van der Waals surface area contributed by atoms with Gasteiger partial charge in [0.2, 0.25) is 5.91 Å². The first kappa shape index (κ1) is 15.4. The minimum atomic E-state index is -0.258. The Morgan fingerprint density at radius 1 is 1.39 bits per heavy atom. The third-order valence-electron chi connectivity index (χ3n) is 3.48. The fourth-order valence-electron chi connectivity index (χ4n) is 2.33. The van der Waals surface area contributed by atoms with Crippen molar-refractivity contribution in [3.63, 3.8) is 0 Å². The number of fused-ring (bicyclic) bond motifs is 1. The van der Waals surface area contributed by atoms with E-state index in [0.717, 1.165) is 28.1 Å². The van der Waals surface area contributed by atoms with E-state index in [1.165, 1.54) is 4.57 Å². The van der Waals surface area contributed by atoms with Gasteiger partial charge in [-0.3, -0.25) is 14.2 Å². The van der Waals surface area contributed by atoms with E-state index in [1.807, 2.05) is 24.6 Å². The van der Waals surface area contributed by atoms with Crippen LogP contribution in [0.15, 0.2) is 28.6 Å². The number of carbonyl (C=O) groups excluding carboxylic acids is 1. The van der Waals surface area contributed by atoms with Gasteiger partial charge in [0.05, 0.1) is 18.1 Å². The summed E-state index contributed by atoms with van der Waals surface area (Å²) in [5.41, 5.74) is 2.15. The van der Waals surface area contributed by atoms with Crippen molar-refractivity contribution in [3.05, 3.63) is 39.2 Å². The molecule has 0 saturated heterocycles. The lowest BCUT2D eigenvalue weighted by atomic mass is 10.3. The molecular weight excluding hydrogens is 314 g/mol. The van der Waals surface area contributed by atoms with Gasteiger partial charge in [-0.2, -0.15) is 5.10 Å². The zero-order valence-corrected chi connectivity index (χ0v) is 13.9. The molecule has 0 atom stereocenters. The highest BCUT2D eigenvalue weighted by Gasteiger charge is 2.11. The second kappa shape index (κ2) is 5.96. The standard InChI is InChI=1S/C15H17N5O2S/c1-9(2)20-14-11(5-17-20)4-12(6-16-14)18-13(21)7-19-10(3)8-23-15(19)22/h4-6,8-9H,7H2,1-3H3,(H,18,21). The van der Waals surface area contributed by atoms with E-state index < -0.39 is 0 Å². The first-order chi connectivity index (χ1) is 11.0. The quantitative estimate of drug-likeness (QED) is 0.794. The predicted molar refractivity (Wildman–Crippen MR) is 89.9 cm³/mol. The van der Waals surface area contributed by atoms with Gasteiger partial charge in [0.15, 0.2) is 5.65 Å². The average molecular weight is 331 g/mol. The second-order valence-electron chi connectivity index (χ2n) is 5.60. The van der Waals surface area contributed by atoms with Crippen molar-refractivity contribution in [2.24, 2.45) is 0 Å². The van der Waals surface area contributed by atoms with Crippen LogP contribution >= 0.6 is 11.3 Å². The van der Waals surface area contributed by atoms with Gasteiger partial charge in [-0.25, -0.2) is 9.67 Å². The lowest BCUT2D eigenvalue weighted by molar-refractivity contribution is -0.116. The summed E-state index contributed by atoms with van der Waals surface area (Å²) in [5.74, 6) is -0.258. The SMILES string of the molecule is Cc1csc(=O)n1CC(=O)Nc1cnc2c(cnn2C(C)C)c1. The number of nitrogens with zero attached hydrogens (tertiary/aromatic N) is 4.